The number of thioether (sulfide) groups is 1. The summed E-state index contributed by atoms with van der Waals surface area (Å²) in [6.45, 7) is 3.04. The molecule has 0 amide bonds. The maximum absolute atomic E-state index is 4.14. The highest BCUT2D eigenvalue weighted by Crippen LogP contribution is 2.16. The van der Waals surface area contributed by atoms with E-state index < -0.39 is 0 Å². The van der Waals surface area contributed by atoms with Crippen LogP contribution < -0.4 is 5.32 Å². The first-order valence-corrected chi connectivity index (χ1v) is 7.28. The van der Waals surface area contributed by atoms with Gasteiger partial charge in [-0.05, 0) is 42.5 Å². The maximum atomic E-state index is 4.14. The fourth-order valence-electron chi connectivity index (χ4n) is 1.76. The standard InChI is InChI=1S/C15H18N2S/c1-12(14-4-3-9-16-11-14)17-10-13-5-7-15(18-2)8-6-13/h3-9,11-12,17H,10H2,1-2H3/t12-/m0/s1. The van der Waals surface area contributed by atoms with E-state index in [0.29, 0.717) is 6.04 Å². The number of nitrogens with zero attached hydrogens (tertiary/aromatic N) is 1. The molecular weight excluding hydrogens is 240 g/mol. The predicted octanol–water partition coefficient (Wildman–Crippen LogP) is 3.65. The highest BCUT2D eigenvalue weighted by molar-refractivity contribution is 7.98. The minimum Gasteiger partial charge on any atom is -0.306 e. The van der Waals surface area contributed by atoms with Crippen LogP contribution >= 0.6 is 11.8 Å². The Kier molecular flexibility index (Phi) is 4.79. The summed E-state index contributed by atoms with van der Waals surface area (Å²) in [6, 6.07) is 13.1. The summed E-state index contributed by atoms with van der Waals surface area (Å²) < 4.78 is 0. The number of hydrogen-bond donors (Lipinski definition) is 1. The molecule has 1 aromatic heterocycles. The van der Waals surface area contributed by atoms with Crippen molar-refractivity contribution in [2.24, 2.45) is 0 Å². The molecule has 94 valence electrons. The van der Waals surface area contributed by atoms with Gasteiger partial charge in [-0.3, -0.25) is 4.98 Å². The zero-order chi connectivity index (χ0) is 12.8. The van der Waals surface area contributed by atoms with Crippen molar-refractivity contribution < 1.29 is 0 Å². The van der Waals surface area contributed by atoms with E-state index in [-0.39, 0.29) is 0 Å². The lowest BCUT2D eigenvalue weighted by Crippen LogP contribution is -2.18. The molecule has 2 aromatic rings. The van der Waals surface area contributed by atoms with Gasteiger partial charge in [0.2, 0.25) is 0 Å². The van der Waals surface area contributed by atoms with Crippen LogP contribution in [0.1, 0.15) is 24.1 Å². The van der Waals surface area contributed by atoms with Crippen LogP contribution in [0, 0.1) is 0 Å². The van der Waals surface area contributed by atoms with Crippen LogP contribution in [0.3, 0.4) is 0 Å². The van der Waals surface area contributed by atoms with Crippen molar-refractivity contribution in [3.8, 4) is 0 Å². The van der Waals surface area contributed by atoms with Crippen molar-refractivity contribution in [3.05, 3.63) is 59.9 Å². The number of nitrogens with one attached hydrogen (secondary N) is 1. The Morgan fingerprint density at radius 2 is 2.00 bits per heavy atom. The summed E-state index contributed by atoms with van der Waals surface area (Å²) >= 11 is 1.77. The summed E-state index contributed by atoms with van der Waals surface area (Å²) in [5.74, 6) is 0. The van der Waals surface area contributed by atoms with E-state index in [1.165, 1.54) is 16.0 Å². The molecule has 0 aliphatic heterocycles. The van der Waals surface area contributed by atoms with Gasteiger partial charge in [-0.25, -0.2) is 0 Å². The molecule has 0 saturated carbocycles. The van der Waals surface area contributed by atoms with E-state index in [2.05, 4.69) is 53.8 Å². The molecule has 1 atom stereocenters. The third-order valence-corrected chi connectivity index (χ3v) is 3.70. The van der Waals surface area contributed by atoms with Gasteiger partial charge in [-0.15, -0.1) is 11.8 Å². The Hall–Kier alpha value is -1.32. The molecule has 0 aliphatic rings. The monoisotopic (exact) mass is 258 g/mol. The summed E-state index contributed by atoms with van der Waals surface area (Å²) in [4.78, 5) is 5.45. The summed E-state index contributed by atoms with van der Waals surface area (Å²) in [5, 5.41) is 3.51. The normalized spacial score (nSPS) is 12.3. The fraction of sp³-hybridized carbons (Fsp3) is 0.267. The van der Waals surface area contributed by atoms with Crippen molar-refractivity contribution in [1.82, 2.24) is 10.3 Å². The van der Waals surface area contributed by atoms with Crippen LogP contribution in [0.2, 0.25) is 0 Å². The quantitative estimate of drug-likeness (QED) is 0.829. The first-order chi connectivity index (χ1) is 8.79. The van der Waals surface area contributed by atoms with E-state index >= 15 is 0 Å². The summed E-state index contributed by atoms with van der Waals surface area (Å²) in [7, 11) is 0. The van der Waals surface area contributed by atoms with Crippen molar-refractivity contribution >= 4 is 11.8 Å². The molecule has 0 fully saturated rings. The first-order valence-electron chi connectivity index (χ1n) is 6.06. The summed E-state index contributed by atoms with van der Waals surface area (Å²) in [5.41, 5.74) is 2.53. The molecule has 18 heavy (non-hydrogen) atoms. The zero-order valence-corrected chi connectivity index (χ0v) is 11.6. The van der Waals surface area contributed by atoms with Gasteiger partial charge >= 0.3 is 0 Å². The zero-order valence-electron chi connectivity index (χ0n) is 10.8. The molecule has 0 bridgehead atoms. The largest absolute Gasteiger partial charge is 0.306 e. The Morgan fingerprint density at radius 1 is 1.22 bits per heavy atom. The second-order valence-electron chi connectivity index (χ2n) is 4.24. The van der Waals surface area contributed by atoms with Gasteiger partial charge in [-0.2, -0.15) is 0 Å². The van der Waals surface area contributed by atoms with E-state index in [9.17, 15) is 0 Å². The van der Waals surface area contributed by atoms with Gasteiger partial charge in [0.15, 0.2) is 0 Å². The Morgan fingerprint density at radius 3 is 2.61 bits per heavy atom. The molecule has 2 nitrogen and oxygen atoms in total. The van der Waals surface area contributed by atoms with Gasteiger partial charge in [0.05, 0.1) is 0 Å². The predicted molar refractivity (Wildman–Crippen MR) is 77.7 cm³/mol. The smallest absolute Gasteiger partial charge is 0.0315 e. The topological polar surface area (TPSA) is 24.9 Å². The SMILES string of the molecule is CSc1ccc(CN[C@@H](C)c2cccnc2)cc1. The van der Waals surface area contributed by atoms with Crippen molar-refractivity contribution in [3.63, 3.8) is 0 Å². The molecule has 1 heterocycles. The Balaban J connectivity index is 1.91. The second-order valence-corrected chi connectivity index (χ2v) is 5.12. The lowest BCUT2D eigenvalue weighted by atomic mass is 10.1. The molecule has 0 radical (unpaired) electrons. The Labute approximate surface area is 113 Å². The van der Waals surface area contributed by atoms with Crippen LogP contribution in [0.5, 0.6) is 0 Å². The molecule has 0 aliphatic carbocycles. The third kappa shape index (κ3) is 3.59. The molecule has 0 unspecified atom stereocenters. The fourth-order valence-corrected chi connectivity index (χ4v) is 2.17. The van der Waals surface area contributed by atoms with Crippen LogP contribution in [-0.4, -0.2) is 11.2 Å². The van der Waals surface area contributed by atoms with Gasteiger partial charge in [0.1, 0.15) is 0 Å². The minimum absolute atomic E-state index is 0.318. The Bertz CT molecular complexity index is 468. The number of hydrogen-bond acceptors (Lipinski definition) is 3. The number of pyridine rings is 1. The van der Waals surface area contributed by atoms with Crippen molar-refractivity contribution in [2.45, 2.75) is 24.4 Å². The average molecular weight is 258 g/mol. The van der Waals surface area contributed by atoms with E-state index in [0.717, 1.165) is 6.54 Å². The lowest BCUT2D eigenvalue weighted by molar-refractivity contribution is 0.573. The lowest BCUT2D eigenvalue weighted by Gasteiger charge is -2.13. The van der Waals surface area contributed by atoms with Crippen LogP contribution in [0.25, 0.3) is 0 Å². The molecule has 0 saturated heterocycles. The highest BCUT2D eigenvalue weighted by atomic mass is 32.2. The molecule has 1 N–H and O–H groups in total. The molecule has 0 spiro atoms. The van der Waals surface area contributed by atoms with E-state index in [1.807, 2.05) is 12.3 Å². The van der Waals surface area contributed by atoms with E-state index in [4.69, 9.17) is 0 Å². The number of aromatic nitrogens is 1. The third-order valence-electron chi connectivity index (χ3n) is 2.96. The first kappa shape index (κ1) is 13.1. The maximum Gasteiger partial charge on any atom is 0.0315 e. The molecule has 1 aromatic carbocycles. The molecular formula is C15H18N2S. The minimum atomic E-state index is 0.318. The van der Waals surface area contributed by atoms with Crippen molar-refractivity contribution in [1.29, 1.82) is 0 Å². The van der Waals surface area contributed by atoms with Gasteiger partial charge in [-0.1, -0.05) is 18.2 Å². The number of rotatable bonds is 5. The average Bonchev–Trinajstić information content (AvgIpc) is 2.46. The van der Waals surface area contributed by atoms with Gasteiger partial charge in [0.25, 0.3) is 0 Å². The molecule has 2 rings (SSSR count). The van der Waals surface area contributed by atoms with Gasteiger partial charge in [0, 0.05) is 29.9 Å². The number of benzene rings is 1. The van der Waals surface area contributed by atoms with Crippen LogP contribution in [0.15, 0.2) is 53.7 Å². The van der Waals surface area contributed by atoms with Crippen LogP contribution in [0.4, 0.5) is 0 Å². The van der Waals surface area contributed by atoms with Gasteiger partial charge < -0.3 is 5.32 Å². The molecule has 3 heteroatoms. The second kappa shape index (κ2) is 6.57. The van der Waals surface area contributed by atoms with E-state index in [1.54, 1.807) is 18.0 Å². The van der Waals surface area contributed by atoms with Crippen LogP contribution in [-0.2, 0) is 6.54 Å². The summed E-state index contributed by atoms with van der Waals surface area (Å²) in [6.07, 6.45) is 5.81. The highest BCUT2D eigenvalue weighted by Gasteiger charge is 2.04. The van der Waals surface area contributed by atoms with Crippen molar-refractivity contribution in [2.75, 3.05) is 6.26 Å².